The quantitative estimate of drug-likeness (QED) is 0.665. The molecule has 1 heterocycles. The van der Waals surface area contributed by atoms with Crippen LogP contribution in [0.2, 0.25) is 0 Å². The summed E-state index contributed by atoms with van der Waals surface area (Å²) < 4.78 is 18.8. The van der Waals surface area contributed by atoms with Crippen LogP contribution in [0.1, 0.15) is 0 Å². The van der Waals surface area contributed by atoms with Gasteiger partial charge in [0.2, 0.25) is 5.75 Å². The monoisotopic (exact) mass is 389 g/mol. The number of hydrogen-bond donors (Lipinski definition) is 0. The first-order valence-electron chi connectivity index (χ1n) is 7.15. The zero-order valence-electron chi connectivity index (χ0n) is 13.5. The third-order valence-electron chi connectivity index (χ3n) is 3.55. The van der Waals surface area contributed by atoms with Crippen molar-refractivity contribution in [2.45, 2.75) is 0 Å². The van der Waals surface area contributed by atoms with Crippen LogP contribution in [0.15, 0.2) is 47.1 Å². The van der Waals surface area contributed by atoms with Crippen molar-refractivity contribution in [1.29, 1.82) is 0 Å². The van der Waals surface area contributed by atoms with Gasteiger partial charge >= 0.3 is 0 Å². The Morgan fingerprint density at radius 3 is 2.08 bits per heavy atom. The molecular weight excluding hydrogens is 374 g/mol. The van der Waals surface area contributed by atoms with Crippen LogP contribution in [0.25, 0.3) is 16.9 Å². The minimum atomic E-state index is 0.539. The number of nitrogens with zero attached hydrogens (tertiary/aromatic N) is 3. The normalized spacial score (nSPS) is 10.5. The Labute approximate surface area is 148 Å². The average molecular weight is 390 g/mol. The zero-order chi connectivity index (χ0) is 17.1. The molecule has 2 aromatic carbocycles. The van der Waals surface area contributed by atoms with Gasteiger partial charge in [-0.3, -0.25) is 0 Å². The SMILES string of the molecule is COc1cc(-n2cc(-c3ccc(Br)cc3)nn2)cc(OC)c1OC. The first-order valence-corrected chi connectivity index (χ1v) is 7.94. The van der Waals surface area contributed by atoms with Crippen molar-refractivity contribution in [2.75, 3.05) is 21.3 Å². The predicted molar refractivity (Wildman–Crippen MR) is 94.2 cm³/mol. The topological polar surface area (TPSA) is 58.4 Å². The van der Waals surface area contributed by atoms with Gasteiger partial charge in [0.15, 0.2) is 11.5 Å². The van der Waals surface area contributed by atoms with Crippen molar-refractivity contribution in [3.05, 3.63) is 47.1 Å². The highest BCUT2D eigenvalue weighted by atomic mass is 79.9. The van der Waals surface area contributed by atoms with E-state index in [1.165, 1.54) is 0 Å². The maximum absolute atomic E-state index is 5.37. The summed E-state index contributed by atoms with van der Waals surface area (Å²) in [6.07, 6.45) is 1.85. The van der Waals surface area contributed by atoms with Crippen molar-refractivity contribution >= 4 is 15.9 Å². The van der Waals surface area contributed by atoms with E-state index in [0.717, 1.165) is 21.4 Å². The number of hydrogen-bond acceptors (Lipinski definition) is 5. The highest BCUT2D eigenvalue weighted by molar-refractivity contribution is 9.10. The molecule has 3 rings (SSSR count). The highest BCUT2D eigenvalue weighted by Crippen LogP contribution is 2.39. The Morgan fingerprint density at radius 2 is 1.54 bits per heavy atom. The Bertz CT molecular complexity index is 822. The molecule has 0 aliphatic rings. The van der Waals surface area contributed by atoms with Crippen molar-refractivity contribution in [1.82, 2.24) is 15.0 Å². The van der Waals surface area contributed by atoms with E-state index in [2.05, 4.69) is 26.2 Å². The fraction of sp³-hybridized carbons (Fsp3) is 0.176. The van der Waals surface area contributed by atoms with Crippen molar-refractivity contribution in [2.24, 2.45) is 0 Å². The zero-order valence-corrected chi connectivity index (χ0v) is 15.1. The van der Waals surface area contributed by atoms with E-state index in [1.807, 2.05) is 42.6 Å². The van der Waals surface area contributed by atoms with E-state index >= 15 is 0 Å². The largest absolute Gasteiger partial charge is 0.493 e. The average Bonchev–Trinajstić information content (AvgIpc) is 3.11. The molecule has 0 saturated heterocycles. The van der Waals surface area contributed by atoms with Gasteiger partial charge in [-0.2, -0.15) is 0 Å². The molecule has 0 spiro atoms. The number of benzene rings is 2. The minimum absolute atomic E-state index is 0.539. The lowest BCUT2D eigenvalue weighted by atomic mass is 10.2. The molecule has 0 aliphatic heterocycles. The molecule has 0 radical (unpaired) electrons. The van der Waals surface area contributed by atoms with E-state index in [4.69, 9.17) is 14.2 Å². The van der Waals surface area contributed by atoms with Gasteiger partial charge in [0.1, 0.15) is 5.69 Å². The molecule has 0 amide bonds. The molecule has 0 bridgehead atoms. The summed E-state index contributed by atoms with van der Waals surface area (Å²) >= 11 is 3.42. The van der Waals surface area contributed by atoms with Crippen LogP contribution in [-0.2, 0) is 0 Å². The second-order valence-corrected chi connectivity index (χ2v) is 5.85. The smallest absolute Gasteiger partial charge is 0.203 e. The maximum atomic E-state index is 5.37. The second kappa shape index (κ2) is 6.92. The predicted octanol–water partition coefficient (Wildman–Crippen LogP) is 3.72. The van der Waals surface area contributed by atoms with E-state index in [0.29, 0.717) is 17.2 Å². The van der Waals surface area contributed by atoms with E-state index in [1.54, 1.807) is 26.0 Å². The van der Waals surface area contributed by atoms with Crippen molar-refractivity contribution < 1.29 is 14.2 Å². The Morgan fingerprint density at radius 1 is 0.917 bits per heavy atom. The standard InChI is InChI=1S/C17H16BrN3O3/c1-22-15-8-13(9-16(23-2)17(15)24-3)21-10-14(19-20-21)11-4-6-12(18)7-5-11/h4-10H,1-3H3. The number of rotatable bonds is 5. The van der Waals surface area contributed by atoms with Crippen LogP contribution in [-0.4, -0.2) is 36.3 Å². The Hall–Kier alpha value is -2.54. The van der Waals surface area contributed by atoms with Gasteiger partial charge in [0.25, 0.3) is 0 Å². The number of halogens is 1. The molecule has 0 saturated carbocycles. The Kier molecular flexibility index (Phi) is 4.71. The van der Waals surface area contributed by atoms with Gasteiger partial charge in [-0.1, -0.05) is 33.3 Å². The molecule has 3 aromatic rings. The third kappa shape index (κ3) is 3.07. The van der Waals surface area contributed by atoms with E-state index < -0.39 is 0 Å². The number of aromatic nitrogens is 3. The summed E-state index contributed by atoms with van der Waals surface area (Å²) in [4.78, 5) is 0. The van der Waals surface area contributed by atoms with Gasteiger partial charge in [0.05, 0.1) is 33.2 Å². The molecule has 0 atom stereocenters. The molecule has 0 unspecified atom stereocenters. The van der Waals surface area contributed by atoms with Crippen LogP contribution >= 0.6 is 15.9 Å². The maximum Gasteiger partial charge on any atom is 0.203 e. The molecule has 124 valence electrons. The Balaban J connectivity index is 2.02. The van der Waals surface area contributed by atoms with Gasteiger partial charge in [-0.05, 0) is 12.1 Å². The van der Waals surface area contributed by atoms with Gasteiger partial charge < -0.3 is 14.2 Å². The number of methoxy groups -OCH3 is 3. The summed E-state index contributed by atoms with van der Waals surface area (Å²) in [5, 5.41) is 8.43. The van der Waals surface area contributed by atoms with Crippen LogP contribution in [0.3, 0.4) is 0 Å². The first kappa shape index (κ1) is 16.3. The second-order valence-electron chi connectivity index (χ2n) is 4.94. The van der Waals surface area contributed by atoms with E-state index in [9.17, 15) is 0 Å². The van der Waals surface area contributed by atoms with Gasteiger partial charge in [-0.25, -0.2) is 4.68 Å². The lowest BCUT2D eigenvalue weighted by Gasteiger charge is -2.13. The summed E-state index contributed by atoms with van der Waals surface area (Å²) in [7, 11) is 4.73. The fourth-order valence-corrected chi connectivity index (χ4v) is 2.61. The molecular formula is C17H16BrN3O3. The molecule has 0 aliphatic carbocycles. The third-order valence-corrected chi connectivity index (χ3v) is 4.08. The minimum Gasteiger partial charge on any atom is -0.493 e. The van der Waals surface area contributed by atoms with Gasteiger partial charge in [-0.15, -0.1) is 5.10 Å². The highest BCUT2D eigenvalue weighted by Gasteiger charge is 2.15. The first-order chi connectivity index (χ1) is 11.7. The van der Waals surface area contributed by atoms with Gasteiger partial charge in [0, 0.05) is 22.2 Å². The van der Waals surface area contributed by atoms with Crippen molar-refractivity contribution in [3.63, 3.8) is 0 Å². The molecule has 1 aromatic heterocycles. The number of ether oxygens (including phenoxy) is 3. The van der Waals surface area contributed by atoms with Crippen LogP contribution in [0, 0.1) is 0 Å². The lowest BCUT2D eigenvalue weighted by molar-refractivity contribution is 0.324. The van der Waals surface area contributed by atoms with Crippen LogP contribution < -0.4 is 14.2 Å². The van der Waals surface area contributed by atoms with Crippen LogP contribution in [0.5, 0.6) is 17.2 Å². The van der Waals surface area contributed by atoms with E-state index in [-0.39, 0.29) is 0 Å². The molecule has 6 nitrogen and oxygen atoms in total. The molecule has 0 N–H and O–H groups in total. The summed E-state index contributed by atoms with van der Waals surface area (Å²) in [5.41, 5.74) is 2.52. The molecule has 24 heavy (non-hydrogen) atoms. The summed E-state index contributed by atoms with van der Waals surface area (Å²) in [5.74, 6) is 1.66. The fourth-order valence-electron chi connectivity index (χ4n) is 2.34. The summed E-state index contributed by atoms with van der Waals surface area (Å²) in [6, 6.07) is 11.5. The molecule has 0 fully saturated rings. The summed E-state index contributed by atoms with van der Waals surface area (Å²) in [6.45, 7) is 0. The van der Waals surface area contributed by atoms with Crippen LogP contribution in [0.4, 0.5) is 0 Å². The lowest BCUT2D eigenvalue weighted by Crippen LogP contribution is -2.00. The van der Waals surface area contributed by atoms with Crippen molar-refractivity contribution in [3.8, 4) is 34.2 Å². The molecule has 7 heteroatoms.